The second kappa shape index (κ2) is 11.3. The summed E-state index contributed by atoms with van der Waals surface area (Å²) >= 11 is 0. The summed E-state index contributed by atoms with van der Waals surface area (Å²) in [6.45, 7) is 1.85. The summed E-state index contributed by atoms with van der Waals surface area (Å²) in [6.07, 6.45) is 0.00519. The summed E-state index contributed by atoms with van der Waals surface area (Å²) in [7, 11) is 0. The molecule has 0 amide bonds. The summed E-state index contributed by atoms with van der Waals surface area (Å²) < 4.78 is 70.8. The number of benzene rings is 2. The molecule has 43 heavy (non-hydrogen) atoms. The molecular formula is C29H24F4N6O4. The number of alkyl halides is 2. The number of ether oxygens (including phenoxy) is 3. The molecule has 1 aliphatic heterocycles. The summed E-state index contributed by atoms with van der Waals surface area (Å²) in [5.41, 5.74) is 8.63. The molecular weight excluding hydrogens is 572 g/mol. The molecule has 10 nitrogen and oxygen atoms in total. The van der Waals surface area contributed by atoms with Gasteiger partial charge in [0.25, 0.3) is 6.43 Å². The minimum absolute atomic E-state index is 0.00676. The number of ketones is 1. The standard InChI is InChI=1S/C29H24F4N6O4/c1-14-5-26(43-28-18(30)3-2-4-19(28)31)35-10-23(14)39-29(34)17(9-36-39)27(40)22-6-15-7-24(42-13-25(32)33)21(8-20(15)38-22)37-16-11-41-12-16/h2-10,16,25,37-38H,11-13,34H2,1H3. The number of para-hydroxylation sites is 1. The number of aromatic nitrogens is 4. The fourth-order valence-corrected chi connectivity index (χ4v) is 4.56. The van der Waals surface area contributed by atoms with E-state index in [1.54, 1.807) is 25.1 Å². The number of hydrogen-bond donors (Lipinski definition) is 3. The predicted molar refractivity (Wildman–Crippen MR) is 148 cm³/mol. The Labute approximate surface area is 241 Å². The summed E-state index contributed by atoms with van der Waals surface area (Å²) in [6, 6.07) is 9.64. The highest BCUT2D eigenvalue weighted by Gasteiger charge is 2.24. The smallest absolute Gasteiger partial charge is 0.272 e. The van der Waals surface area contributed by atoms with Crippen LogP contribution in [0.25, 0.3) is 16.6 Å². The average Bonchev–Trinajstić information content (AvgIpc) is 3.54. The molecule has 0 atom stereocenters. The van der Waals surface area contributed by atoms with Gasteiger partial charge >= 0.3 is 0 Å². The van der Waals surface area contributed by atoms with E-state index in [2.05, 4.69) is 20.4 Å². The number of aromatic amines is 1. The van der Waals surface area contributed by atoms with Crippen LogP contribution in [-0.2, 0) is 4.74 Å². The maximum Gasteiger partial charge on any atom is 0.272 e. The van der Waals surface area contributed by atoms with Crippen LogP contribution in [0.4, 0.5) is 29.1 Å². The molecule has 0 unspecified atom stereocenters. The third-order valence-electron chi connectivity index (χ3n) is 6.79. The number of carbonyl (C=O) groups excluding carboxylic acids is 1. The van der Waals surface area contributed by atoms with Crippen molar-refractivity contribution in [2.45, 2.75) is 19.4 Å². The van der Waals surface area contributed by atoms with Crippen LogP contribution in [0.5, 0.6) is 17.4 Å². The Morgan fingerprint density at radius 3 is 2.63 bits per heavy atom. The number of nitrogens with two attached hydrogens (primary N) is 1. The summed E-state index contributed by atoms with van der Waals surface area (Å²) in [5.74, 6) is -2.61. The van der Waals surface area contributed by atoms with Gasteiger partial charge in [0.15, 0.2) is 11.6 Å². The topological polar surface area (TPSA) is 129 Å². The van der Waals surface area contributed by atoms with Crippen LogP contribution < -0.4 is 20.5 Å². The van der Waals surface area contributed by atoms with Gasteiger partial charge in [-0.05, 0) is 42.8 Å². The zero-order valence-corrected chi connectivity index (χ0v) is 22.5. The number of H-pyrrole nitrogens is 1. The largest absolute Gasteiger partial charge is 0.485 e. The molecule has 222 valence electrons. The van der Waals surface area contributed by atoms with Gasteiger partial charge in [0.2, 0.25) is 17.4 Å². The molecule has 1 fully saturated rings. The molecule has 1 aliphatic rings. The number of nitrogen functional groups attached to an aromatic ring is 1. The van der Waals surface area contributed by atoms with Crippen molar-refractivity contribution in [1.82, 2.24) is 19.7 Å². The van der Waals surface area contributed by atoms with Crippen molar-refractivity contribution in [2.75, 3.05) is 30.9 Å². The second-order valence-electron chi connectivity index (χ2n) is 9.85. The third-order valence-corrected chi connectivity index (χ3v) is 6.79. The average molecular weight is 597 g/mol. The number of pyridine rings is 1. The Morgan fingerprint density at radius 1 is 1.19 bits per heavy atom. The highest BCUT2D eigenvalue weighted by atomic mass is 19.3. The summed E-state index contributed by atoms with van der Waals surface area (Å²) in [4.78, 5) is 20.6. The molecule has 0 aliphatic carbocycles. The van der Waals surface area contributed by atoms with Gasteiger partial charge in [-0.1, -0.05) is 6.07 Å². The Morgan fingerprint density at radius 2 is 1.95 bits per heavy atom. The molecule has 0 bridgehead atoms. The van der Waals surface area contributed by atoms with E-state index >= 15 is 0 Å². The fourth-order valence-electron chi connectivity index (χ4n) is 4.56. The van der Waals surface area contributed by atoms with Crippen molar-refractivity contribution in [3.63, 3.8) is 0 Å². The van der Waals surface area contributed by atoms with E-state index in [4.69, 9.17) is 19.9 Å². The Hall–Kier alpha value is -5.11. The van der Waals surface area contributed by atoms with Crippen molar-refractivity contribution >= 4 is 28.2 Å². The number of anilines is 2. The minimum atomic E-state index is -2.66. The van der Waals surface area contributed by atoms with Crippen LogP contribution >= 0.6 is 0 Å². The molecule has 3 aromatic heterocycles. The molecule has 5 aromatic rings. The molecule has 14 heteroatoms. The van der Waals surface area contributed by atoms with Crippen molar-refractivity contribution in [3.8, 4) is 23.1 Å². The summed E-state index contributed by atoms with van der Waals surface area (Å²) in [5, 5.41) is 8.02. The number of fused-ring (bicyclic) bond motifs is 1. The predicted octanol–water partition coefficient (Wildman–Crippen LogP) is 5.40. The molecule has 4 heterocycles. The van der Waals surface area contributed by atoms with Gasteiger partial charge in [0, 0.05) is 17.0 Å². The third kappa shape index (κ3) is 5.56. The van der Waals surface area contributed by atoms with Crippen molar-refractivity contribution in [1.29, 1.82) is 0 Å². The van der Waals surface area contributed by atoms with E-state index in [9.17, 15) is 22.4 Å². The second-order valence-corrected chi connectivity index (χ2v) is 9.85. The molecule has 0 spiro atoms. The van der Waals surface area contributed by atoms with Gasteiger partial charge in [0.1, 0.15) is 18.2 Å². The molecule has 2 aromatic carbocycles. The van der Waals surface area contributed by atoms with E-state index in [1.807, 2.05) is 0 Å². The number of carbonyl (C=O) groups is 1. The van der Waals surface area contributed by atoms with E-state index in [-0.39, 0.29) is 34.7 Å². The van der Waals surface area contributed by atoms with E-state index < -0.39 is 36.2 Å². The molecule has 4 N–H and O–H groups in total. The molecule has 0 saturated carbocycles. The molecule has 0 radical (unpaired) electrons. The van der Waals surface area contributed by atoms with Crippen LogP contribution in [0, 0.1) is 18.6 Å². The van der Waals surface area contributed by atoms with Crippen LogP contribution in [0.15, 0.2) is 54.9 Å². The molecule has 1 saturated heterocycles. The van der Waals surface area contributed by atoms with Gasteiger partial charge < -0.3 is 30.2 Å². The van der Waals surface area contributed by atoms with E-state index in [1.165, 1.54) is 29.2 Å². The van der Waals surface area contributed by atoms with E-state index in [0.717, 1.165) is 12.1 Å². The Kier molecular flexibility index (Phi) is 7.36. The monoisotopic (exact) mass is 596 g/mol. The number of nitrogens with zero attached hydrogens (tertiary/aromatic N) is 3. The quantitative estimate of drug-likeness (QED) is 0.145. The van der Waals surface area contributed by atoms with Gasteiger partial charge in [-0.25, -0.2) is 27.2 Å². The zero-order valence-electron chi connectivity index (χ0n) is 22.5. The first-order valence-corrected chi connectivity index (χ1v) is 13.1. The maximum absolute atomic E-state index is 14.0. The van der Waals surface area contributed by atoms with Crippen LogP contribution in [0.3, 0.4) is 0 Å². The number of nitrogens with one attached hydrogen (secondary N) is 2. The Bertz CT molecular complexity index is 1820. The van der Waals surface area contributed by atoms with Crippen LogP contribution in [-0.4, -0.2) is 57.8 Å². The SMILES string of the molecule is Cc1cc(Oc2c(F)cccc2F)ncc1-n1ncc(C(=O)c2cc3cc(OCC(F)F)c(NC4COC4)cc3[nH]2)c1N. The van der Waals surface area contributed by atoms with Crippen molar-refractivity contribution in [2.24, 2.45) is 0 Å². The normalized spacial score (nSPS) is 13.3. The maximum atomic E-state index is 14.0. The van der Waals surface area contributed by atoms with Gasteiger partial charge in [-0.3, -0.25) is 4.79 Å². The minimum Gasteiger partial charge on any atom is -0.485 e. The lowest BCUT2D eigenvalue weighted by atomic mass is 10.1. The van der Waals surface area contributed by atoms with Crippen molar-refractivity contribution in [3.05, 3.63) is 83.3 Å². The lowest BCUT2D eigenvalue weighted by Crippen LogP contribution is -2.40. The highest BCUT2D eigenvalue weighted by Crippen LogP contribution is 2.34. The molecule has 6 rings (SSSR count). The van der Waals surface area contributed by atoms with Crippen LogP contribution in [0.2, 0.25) is 0 Å². The van der Waals surface area contributed by atoms with Gasteiger partial charge in [0.05, 0.1) is 54.3 Å². The first-order chi connectivity index (χ1) is 20.7. The lowest BCUT2D eigenvalue weighted by molar-refractivity contribution is 0.0209. The van der Waals surface area contributed by atoms with Gasteiger partial charge in [-0.2, -0.15) is 5.10 Å². The van der Waals surface area contributed by atoms with Gasteiger partial charge in [-0.15, -0.1) is 0 Å². The van der Waals surface area contributed by atoms with E-state index in [0.29, 0.717) is 41.1 Å². The number of hydrogen-bond acceptors (Lipinski definition) is 8. The first-order valence-electron chi connectivity index (χ1n) is 13.1. The lowest BCUT2D eigenvalue weighted by Gasteiger charge is -2.28. The highest BCUT2D eigenvalue weighted by molar-refractivity contribution is 6.12. The van der Waals surface area contributed by atoms with Crippen LogP contribution in [0.1, 0.15) is 21.6 Å². The fraction of sp³-hybridized carbons (Fsp3) is 0.207. The Balaban J connectivity index is 1.26. The first kappa shape index (κ1) is 28.0. The van der Waals surface area contributed by atoms with Crippen molar-refractivity contribution < 1.29 is 36.6 Å². The number of aryl methyl sites for hydroxylation is 1. The number of rotatable bonds is 10. The number of halogens is 4. The zero-order chi connectivity index (χ0) is 30.2.